The second kappa shape index (κ2) is 5.62. The van der Waals surface area contributed by atoms with E-state index in [-0.39, 0.29) is 5.91 Å². The third-order valence-corrected chi connectivity index (χ3v) is 5.81. The summed E-state index contributed by atoms with van der Waals surface area (Å²) in [5.74, 6) is -0.183. The molecular formula is C15H28N4O. The van der Waals surface area contributed by atoms with Crippen molar-refractivity contribution in [3.63, 3.8) is 0 Å². The quantitative estimate of drug-likeness (QED) is 0.770. The van der Waals surface area contributed by atoms with E-state index < -0.39 is 5.54 Å². The number of nitrogens with zero attached hydrogens (tertiary/aromatic N) is 2. The van der Waals surface area contributed by atoms with Crippen LogP contribution < -0.4 is 11.1 Å². The molecule has 2 saturated heterocycles. The van der Waals surface area contributed by atoms with E-state index in [9.17, 15) is 4.79 Å². The van der Waals surface area contributed by atoms with Crippen molar-refractivity contribution in [2.24, 2.45) is 5.73 Å². The Morgan fingerprint density at radius 3 is 2.50 bits per heavy atom. The van der Waals surface area contributed by atoms with Crippen LogP contribution in [0.15, 0.2) is 0 Å². The molecule has 3 aliphatic rings. The zero-order valence-corrected chi connectivity index (χ0v) is 12.6. The fourth-order valence-electron chi connectivity index (χ4n) is 4.41. The number of hydrogen-bond donors (Lipinski definition) is 2. The molecule has 0 bridgehead atoms. The van der Waals surface area contributed by atoms with Gasteiger partial charge in [-0.1, -0.05) is 0 Å². The van der Waals surface area contributed by atoms with Crippen LogP contribution in [0.4, 0.5) is 0 Å². The van der Waals surface area contributed by atoms with Crippen molar-refractivity contribution >= 4 is 5.91 Å². The maximum Gasteiger partial charge on any atom is 0.237 e. The summed E-state index contributed by atoms with van der Waals surface area (Å²) in [6.07, 6.45) is 6.88. The van der Waals surface area contributed by atoms with Gasteiger partial charge in [-0.3, -0.25) is 14.6 Å². The molecule has 0 aromatic heterocycles. The minimum Gasteiger partial charge on any atom is -0.368 e. The highest BCUT2D eigenvalue weighted by Crippen LogP contribution is 2.35. The Bertz CT molecular complexity index is 369. The largest absolute Gasteiger partial charge is 0.368 e. The Balaban J connectivity index is 1.57. The average molecular weight is 280 g/mol. The molecule has 0 radical (unpaired) electrons. The van der Waals surface area contributed by atoms with Gasteiger partial charge in [-0.15, -0.1) is 0 Å². The number of amides is 1. The van der Waals surface area contributed by atoms with Crippen molar-refractivity contribution in [3.05, 3.63) is 0 Å². The summed E-state index contributed by atoms with van der Waals surface area (Å²) in [6.45, 7) is 4.93. The normalized spacial score (nSPS) is 39.6. The Morgan fingerprint density at radius 2 is 1.90 bits per heavy atom. The summed E-state index contributed by atoms with van der Waals surface area (Å²) in [7, 11) is 1.87. The molecule has 3 unspecified atom stereocenters. The predicted octanol–water partition coefficient (Wildman–Crippen LogP) is 0.153. The first-order valence-corrected chi connectivity index (χ1v) is 8.11. The van der Waals surface area contributed by atoms with Gasteiger partial charge in [0.2, 0.25) is 5.91 Å². The Morgan fingerprint density at radius 1 is 1.15 bits per heavy atom. The monoisotopic (exact) mass is 280 g/mol. The number of likely N-dealkylation sites (N-methyl/N-ethyl adjacent to an activating group) is 1. The average Bonchev–Trinajstić information content (AvgIpc) is 3.18. The van der Waals surface area contributed by atoms with Crippen molar-refractivity contribution in [2.75, 3.05) is 33.2 Å². The SMILES string of the molecule is CNC1(C(N)=O)CCC(N2CCC(N3CCCC3)C2)C1. The fourth-order valence-corrected chi connectivity index (χ4v) is 4.41. The minimum absolute atomic E-state index is 0.183. The summed E-state index contributed by atoms with van der Waals surface area (Å²) in [5, 5.41) is 3.19. The highest BCUT2D eigenvalue weighted by molar-refractivity contribution is 5.85. The van der Waals surface area contributed by atoms with Crippen LogP contribution in [0.3, 0.4) is 0 Å². The van der Waals surface area contributed by atoms with Crippen LogP contribution in [0.5, 0.6) is 0 Å². The topological polar surface area (TPSA) is 61.6 Å². The van der Waals surface area contributed by atoms with Gasteiger partial charge in [0, 0.05) is 25.2 Å². The van der Waals surface area contributed by atoms with Crippen LogP contribution >= 0.6 is 0 Å². The zero-order chi connectivity index (χ0) is 14.2. The molecule has 2 heterocycles. The maximum atomic E-state index is 11.7. The number of rotatable bonds is 4. The molecular weight excluding hydrogens is 252 g/mol. The third kappa shape index (κ3) is 2.47. The van der Waals surface area contributed by atoms with Gasteiger partial charge in [0.05, 0.1) is 5.54 Å². The van der Waals surface area contributed by atoms with E-state index in [1.807, 2.05) is 7.05 Å². The highest BCUT2D eigenvalue weighted by Gasteiger charge is 2.46. The van der Waals surface area contributed by atoms with E-state index >= 15 is 0 Å². The number of nitrogens with two attached hydrogens (primary N) is 1. The van der Waals surface area contributed by atoms with Gasteiger partial charge in [-0.25, -0.2) is 0 Å². The van der Waals surface area contributed by atoms with Crippen LogP contribution in [-0.2, 0) is 4.79 Å². The molecule has 5 heteroatoms. The molecule has 1 aliphatic carbocycles. The van der Waals surface area contributed by atoms with E-state index in [2.05, 4.69) is 15.1 Å². The first-order chi connectivity index (χ1) is 9.64. The first kappa shape index (κ1) is 14.3. The summed E-state index contributed by atoms with van der Waals surface area (Å²) in [5.41, 5.74) is 5.14. The van der Waals surface area contributed by atoms with Crippen molar-refractivity contribution in [1.29, 1.82) is 0 Å². The standard InChI is InChI=1S/C15H28N4O/c1-17-15(14(16)20)6-4-12(10-15)19-9-5-13(11-19)18-7-2-3-8-18/h12-13,17H,2-11H2,1H3,(H2,16,20). The Hall–Kier alpha value is -0.650. The van der Waals surface area contributed by atoms with E-state index in [0.29, 0.717) is 6.04 Å². The molecule has 5 nitrogen and oxygen atoms in total. The second-order valence-electron chi connectivity index (χ2n) is 6.77. The molecule has 114 valence electrons. The summed E-state index contributed by atoms with van der Waals surface area (Å²) in [6, 6.07) is 1.28. The Labute approximate surface area is 121 Å². The van der Waals surface area contributed by atoms with Crippen molar-refractivity contribution in [2.45, 2.75) is 56.1 Å². The van der Waals surface area contributed by atoms with E-state index in [1.165, 1.54) is 45.4 Å². The van der Waals surface area contributed by atoms with Gasteiger partial charge in [-0.2, -0.15) is 0 Å². The van der Waals surface area contributed by atoms with Gasteiger partial charge >= 0.3 is 0 Å². The molecule has 20 heavy (non-hydrogen) atoms. The molecule has 3 rings (SSSR count). The lowest BCUT2D eigenvalue weighted by atomic mass is 9.96. The summed E-state index contributed by atoms with van der Waals surface area (Å²) in [4.78, 5) is 17.0. The predicted molar refractivity (Wildman–Crippen MR) is 79.4 cm³/mol. The number of carbonyl (C=O) groups is 1. The van der Waals surface area contributed by atoms with E-state index in [0.717, 1.165) is 25.3 Å². The molecule has 0 aromatic carbocycles. The van der Waals surface area contributed by atoms with Crippen LogP contribution in [0.2, 0.25) is 0 Å². The first-order valence-electron chi connectivity index (χ1n) is 8.11. The lowest BCUT2D eigenvalue weighted by molar-refractivity contribution is -0.124. The van der Waals surface area contributed by atoms with Crippen LogP contribution in [-0.4, -0.2) is 66.6 Å². The smallest absolute Gasteiger partial charge is 0.237 e. The fraction of sp³-hybridized carbons (Fsp3) is 0.933. The highest BCUT2D eigenvalue weighted by atomic mass is 16.1. The molecule has 3 atom stereocenters. The molecule has 3 N–H and O–H groups in total. The number of primary amides is 1. The van der Waals surface area contributed by atoms with Crippen molar-refractivity contribution in [1.82, 2.24) is 15.1 Å². The van der Waals surface area contributed by atoms with Crippen molar-refractivity contribution in [3.8, 4) is 0 Å². The van der Waals surface area contributed by atoms with Crippen molar-refractivity contribution < 1.29 is 4.79 Å². The van der Waals surface area contributed by atoms with Gasteiger partial charge < -0.3 is 11.1 Å². The second-order valence-corrected chi connectivity index (χ2v) is 6.77. The molecule has 0 aromatic rings. The number of likely N-dealkylation sites (tertiary alicyclic amines) is 2. The summed E-state index contributed by atoms with van der Waals surface area (Å²) < 4.78 is 0. The maximum absolute atomic E-state index is 11.7. The molecule has 2 aliphatic heterocycles. The van der Waals surface area contributed by atoms with E-state index in [4.69, 9.17) is 5.73 Å². The van der Waals surface area contributed by atoms with Gasteiger partial charge in [-0.05, 0) is 58.7 Å². The number of hydrogen-bond acceptors (Lipinski definition) is 4. The van der Waals surface area contributed by atoms with E-state index in [1.54, 1.807) is 0 Å². The lowest BCUT2D eigenvalue weighted by Gasteiger charge is -2.29. The molecule has 1 saturated carbocycles. The zero-order valence-electron chi connectivity index (χ0n) is 12.6. The molecule has 0 spiro atoms. The van der Waals surface area contributed by atoms with Crippen LogP contribution in [0, 0.1) is 0 Å². The lowest BCUT2D eigenvalue weighted by Crippen LogP contribution is -2.53. The van der Waals surface area contributed by atoms with Gasteiger partial charge in [0.1, 0.15) is 0 Å². The van der Waals surface area contributed by atoms with Crippen LogP contribution in [0.25, 0.3) is 0 Å². The molecule has 3 fully saturated rings. The minimum atomic E-state index is -0.462. The number of carbonyl (C=O) groups excluding carboxylic acids is 1. The van der Waals surface area contributed by atoms with Gasteiger partial charge in [0.25, 0.3) is 0 Å². The molecule has 1 amide bonds. The van der Waals surface area contributed by atoms with Crippen LogP contribution in [0.1, 0.15) is 38.5 Å². The summed E-state index contributed by atoms with van der Waals surface area (Å²) >= 11 is 0. The Kier molecular flexibility index (Phi) is 4.02. The third-order valence-electron chi connectivity index (χ3n) is 5.81. The number of nitrogens with one attached hydrogen (secondary N) is 1. The van der Waals surface area contributed by atoms with Gasteiger partial charge in [0.15, 0.2) is 0 Å².